The van der Waals surface area contributed by atoms with Crippen molar-refractivity contribution < 1.29 is 5.11 Å². The number of aliphatic hydroxyl groups excluding tert-OH is 1. The van der Waals surface area contributed by atoms with Gasteiger partial charge in [-0.25, -0.2) is 4.99 Å². The van der Waals surface area contributed by atoms with E-state index in [2.05, 4.69) is 20.5 Å². The SMILES string of the molecule is CCNC(=NCc1ccc(Cl)cc1Cl)NCCCN1CCC(O)CC1. The number of hydrogen-bond acceptors (Lipinski definition) is 3. The summed E-state index contributed by atoms with van der Waals surface area (Å²) in [5.41, 5.74) is 0.954. The molecular formula is C18H28Cl2N4O. The number of benzene rings is 1. The molecule has 0 spiro atoms. The Morgan fingerprint density at radius 2 is 2.04 bits per heavy atom. The topological polar surface area (TPSA) is 59.9 Å². The molecule has 7 heteroatoms. The third kappa shape index (κ3) is 7.40. The molecule has 1 aromatic rings. The van der Waals surface area contributed by atoms with E-state index in [4.69, 9.17) is 23.2 Å². The third-order valence-corrected chi connectivity index (χ3v) is 4.85. The number of hydrogen-bond donors (Lipinski definition) is 3. The van der Waals surface area contributed by atoms with Crippen LogP contribution in [0.4, 0.5) is 0 Å². The lowest BCUT2D eigenvalue weighted by Gasteiger charge is -2.29. The highest BCUT2D eigenvalue weighted by Crippen LogP contribution is 2.21. The second kappa shape index (κ2) is 10.9. The van der Waals surface area contributed by atoms with Crippen LogP contribution in [0.3, 0.4) is 0 Å². The van der Waals surface area contributed by atoms with Gasteiger partial charge >= 0.3 is 0 Å². The van der Waals surface area contributed by atoms with Gasteiger partial charge in [0.15, 0.2) is 5.96 Å². The Morgan fingerprint density at radius 3 is 2.72 bits per heavy atom. The summed E-state index contributed by atoms with van der Waals surface area (Å²) in [6, 6.07) is 5.47. The van der Waals surface area contributed by atoms with Crippen LogP contribution in [0.1, 0.15) is 31.7 Å². The Kier molecular flexibility index (Phi) is 8.82. The minimum atomic E-state index is -0.110. The van der Waals surface area contributed by atoms with Crippen molar-refractivity contribution in [3.63, 3.8) is 0 Å². The van der Waals surface area contributed by atoms with Crippen molar-refractivity contribution in [2.75, 3.05) is 32.7 Å². The number of aliphatic imine (C=N–C) groups is 1. The molecule has 1 aromatic carbocycles. The molecule has 1 aliphatic heterocycles. The number of nitrogens with zero attached hydrogens (tertiary/aromatic N) is 2. The van der Waals surface area contributed by atoms with Crippen LogP contribution in [0.15, 0.2) is 23.2 Å². The number of rotatable bonds is 7. The van der Waals surface area contributed by atoms with E-state index in [0.717, 1.165) is 63.5 Å². The number of guanidine groups is 1. The molecule has 25 heavy (non-hydrogen) atoms. The molecule has 0 aromatic heterocycles. The second-order valence-electron chi connectivity index (χ2n) is 6.28. The molecule has 3 N–H and O–H groups in total. The average Bonchev–Trinajstić information content (AvgIpc) is 2.59. The number of piperidine rings is 1. The molecule has 0 unspecified atom stereocenters. The molecule has 0 bridgehead atoms. The monoisotopic (exact) mass is 386 g/mol. The number of nitrogens with one attached hydrogen (secondary N) is 2. The van der Waals surface area contributed by atoms with E-state index in [9.17, 15) is 5.11 Å². The smallest absolute Gasteiger partial charge is 0.191 e. The second-order valence-corrected chi connectivity index (χ2v) is 7.13. The first-order chi connectivity index (χ1) is 12.1. The minimum Gasteiger partial charge on any atom is -0.393 e. The van der Waals surface area contributed by atoms with Crippen LogP contribution in [0.25, 0.3) is 0 Å². The largest absolute Gasteiger partial charge is 0.393 e. The van der Waals surface area contributed by atoms with E-state index < -0.39 is 0 Å². The van der Waals surface area contributed by atoms with Gasteiger partial charge in [0, 0.05) is 36.2 Å². The first-order valence-corrected chi connectivity index (χ1v) is 9.70. The zero-order valence-electron chi connectivity index (χ0n) is 14.8. The standard InChI is InChI=1S/C18H28Cl2N4O/c1-2-21-18(23-13-14-4-5-15(19)12-17(14)20)22-8-3-9-24-10-6-16(25)7-11-24/h4-5,12,16,25H,2-3,6-11,13H2,1H3,(H2,21,22,23). The van der Waals surface area contributed by atoms with Crippen molar-refractivity contribution in [3.8, 4) is 0 Å². The Morgan fingerprint density at radius 1 is 1.28 bits per heavy atom. The predicted octanol–water partition coefficient (Wildman–Crippen LogP) is 2.90. The summed E-state index contributed by atoms with van der Waals surface area (Å²) in [6.07, 6.45) is 2.71. The fourth-order valence-corrected chi connectivity index (χ4v) is 3.28. The summed E-state index contributed by atoms with van der Waals surface area (Å²) in [4.78, 5) is 7.00. The Hall–Kier alpha value is -1.01. The normalized spacial score (nSPS) is 16.9. The minimum absolute atomic E-state index is 0.110. The lowest BCUT2D eigenvalue weighted by Crippen LogP contribution is -2.40. The van der Waals surface area contributed by atoms with Crippen molar-refractivity contribution in [2.24, 2.45) is 4.99 Å². The third-order valence-electron chi connectivity index (χ3n) is 4.27. The van der Waals surface area contributed by atoms with Gasteiger partial charge in [0.1, 0.15) is 0 Å². The zero-order valence-corrected chi connectivity index (χ0v) is 16.3. The van der Waals surface area contributed by atoms with Crippen molar-refractivity contribution >= 4 is 29.2 Å². The van der Waals surface area contributed by atoms with E-state index in [-0.39, 0.29) is 6.10 Å². The highest BCUT2D eigenvalue weighted by Gasteiger charge is 2.15. The molecule has 0 amide bonds. The van der Waals surface area contributed by atoms with Crippen LogP contribution in [0.5, 0.6) is 0 Å². The molecule has 1 aliphatic rings. The summed E-state index contributed by atoms with van der Waals surface area (Å²) < 4.78 is 0. The summed E-state index contributed by atoms with van der Waals surface area (Å²) >= 11 is 12.1. The molecule has 0 atom stereocenters. The maximum atomic E-state index is 9.54. The van der Waals surface area contributed by atoms with Crippen molar-refractivity contribution in [1.82, 2.24) is 15.5 Å². The van der Waals surface area contributed by atoms with E-state index in [1.807, 2.05) is 19.1 Å². The number of halogens is 2. The van der Waals surface area contributed by atoms with Crippen LogP contribution < -0.4 is 10.6 Å². The molecular weight excluding hydrogens is 359 g/mol. The Labute approximate surface area is 160 Å². The molecule has 0 saturated carbocycles. The van der Waals surface area contributed by atoms with Crippen molar-refractivity contribution in [3.05, 3.63) is 33.8 Å². The van der Waals surface area contributed by atoms with Gasteiger partial charge in [-0.15, -0.1) is 0 Å². The first kappa shape index (κ1) is 20.3. The van der Waals surface area contributed by atoms with Gasteiger partial charge in [0.2, 0.25) is 0 Å². The van der Waals surface area contributed by atoms with Crippen LogP contribution in [-0.4, -0.2) is 54.8 Å². The highest BCUT2D eigenvalue weighted by molar-refractivity contribution is 6.35. The lowest BCUT2D eigenvalue weighted by molar-refractivity contribution is 0.0823. The Bertz CT molecular complexity index is 560. The van der Waals surface area contributed by atoms with Crippen LogP contribution in [-0.2, 0) is 6.54 Å². The molecule has 0 radical (unpaired) electrons. The molecule has 140 valence electrons. The van der Waals surface area contributed by atoms with E-state index >= 15 is 0 Å². The van der Waals surface area contributed by atoms with Gasteiger partial charge in [-0.05, 0) is 50.4 Å². The van der Waals surface area contributed by atoms with Gasteiger partial charge in [0.25, 0.3) is 0 Å². The van der Waals surface area contributed by atoms with Gasteiger partial charge in [-0.2, -0.15) is 0 Å². The van der Waals surface area contributed by atoms with Crippen LogP contribution in [0.2, 0.25) is 10.0 Å². The fourth-order valence-electron chi connectivity index (χ4n) is 2.81. The average molecular weight is 387 g/mol. The first-order valence-electron chi connectivity index (χ1n) is 8.95. The molecule has 5 nitrogen and oxygen atoms in total. The van der Waals surface area contributed by atoms with Crippen LogP contribution in [0, 0.1) is 0 Å². The Balaban J connectivity index is 1.75. The summed E-state index contributed by atoms with van der Waals surface area (Å²) in [7, 11) is 0. The van der Waals surface area contributed by atoms with Gasteiger partial charge in [0.05, 0.1) is 12.6 Å². The summed E-state index contributed by atoms with van der Waals surface area (Å²) in [6.45, 7) is 7.25. The quantitative estimate of drug-likeness (QED) is 0.383. The van der Waals surface area contributed by atoms with Gasteiger partial charge in [-0.3, -0.25) is 0 Å². The maximum Gasteiger partial charge on any atom is 0.191 e. The molecule has 1 fully saturated rings. The van der Waals surface area contributed by atoms with E-state index in [0.29, 0.717) is 16.6 Å². The van der Waals surface area contributed by atoms with Gasteiger partial charge < -0.3 is 20.6 Å². The number of aliphatic hydroxyl groups is 1. The van der Waals surface area contributed by atoms with Crippen molar-refractivity contribution in [1.29, 1.82) is 0 Å². The molecule has 0 aliphatic carbocycles. The predicted molar refractivity (Wildman–Crippen MR) is 106 cm³/mol. The summed E-state index contributed by atoms with van der Waals surface area (Å²) in [5.74, 6) is 0.794. The van der Waals surface area contributed by atoms with E-state index in [1.165, 1.54) is 0 Å². The fraction of sp³-hybridized carbons (Fsp3) is 0.611. The number of likely N-dealkylation sites (tertiary alicyclic amines) is 1. The van der Waals surface area contributed by atoms with Gasteiger partial charge in [-0.1, -0.05) is 29.3 Å². The molecule has 1 heterocycles. The van der Waals surface area contributed by atoms with E-state index in [1.54, 1.807) is 6.07 Å². The molecule has 1 saturated heterocycles. The highest BCUT2D eigenvalue weighted by atomic mass is 35.5. The molecule has 2 rings (SSSR count). The zero-order chi connectivity index (χ0) is 18.1. The van der Waals surface area contributed by atoms with Crippen LogP contribution >= 0.6 is 23.2 Å². The lowest BCUT2D eigenvalue weighted by atomic mass is 10.1. The van der Waals surface area contributed by atoms with Crippen molar-refractivity contribution in [2.45, 2.75) is 38.8 Å². The summed E-state index contributed by atoms with van der Waals surface area (Å²) in [5, 5.41) is 17.4. The maximum absolute atomic E-state index is 9.54.